The molecule has 0 saturated heterocycles. The van der Waals surface area contributed by atoms with E-state index in [-0.39, 0.29) is 17.3 Å². The molecule has 1 unspecified atom stereocenters. The highest BCUT2D eigenvalue weighted by Gasteiger charge is 2.31. The van der Waals surface area contributed by atoms with Crippen LogP contribution in [0.4, 0.5) is 33.7 Å². The highest BCUT2D eigenvalue weighted by atomic mass is 19.4. The maximum atomic E-state index is 14.1. The van der Waals surface area contributed by atoms with Gasteiger partial charge in [0.25, 0.3) is 5.56 Å². The van der Waals surface area contributed by atoms with Crippen LogP contribution in [0.3, 0.4) is 0 Å². The minimum Gasteiger partial charge on any atom is -0.369 e. The smallest absolute Gasteiger partial charge is 0.369 e. The van der Waals surface area contributed by atoms with Crippen molar-refractivity contribution in [3.63, 3.8) is 0 Å². The van der Waals surface area contributed by atoms with Gasteiger partial charge in [-0.3, -0.25) is 9.78 Å². The molecular formula is C15H14F5N5O. The summed E-state index contributed by atoms with van der Waals surface area (Å²) in [7, 11) is 0. The second kappa shape index (κ2) is 7.10. The van der Waals surface area contributed by atoms with Crippen LogP contribution in [-0.4, -0.2) is 22.4 Å². The highest BCUT2D eigenvalue weighted by Crippen LogP contribution is 2.32. The molecule has 0 bridgehead atoms. The van der Waals surface area contributed by atoms with E-state index < -0.39 is 47.1 Å². The Kier molecular flexibility index (Phi) is 5.28. The lowest BCUT2D eigenvalue weighted by molar-refractivity contribution is -0.137. The number of aromatic nitrogens is 2. The van der Waals surface area contributed by atoms with Gasteiger partial charge in [0.05, 0.1) is 17.3 Å². The zero-order chi connectivity index (χ0) is 19.6. The highest BCUT2D eigenvalue weighted by molar-refractivity contribution is 6.02. The number of H-pyrrole nitrogens is 1. The number of nitrogen functional groups attached to an aromatic ring is 1. The summed E-state index contributed by atoms with van der Waals surface area (Å²) in [6.45, 7) is 0.139. The van der Waals surface area contributed by atoms with Crippen molar-refractivity contribution in [1.82, 2.24) is 9.97 Å². The molecule has 1 atom stereocenters. The van der Waals surface area contributed by atoms with Gasteiger partial charge in [-0.15, -0.1) is 0 Å². The lowest BCUT2D eigenvalue weighted by Gasteiger charge is -2.18. The molecule has 1 heterocycles. The van der Waals surface area contributed by atoms with E-state index in [1.165, 1.54) is 6.92 Å². The van der Waals surface area contributed by atoms with E-state index in [4.69, 9.17) is 11.1 Å². The quantitative estimate of drug-likeness (QED) is 0.476. The summed E-state index contributed by atoms with van der Waals surface area (Å²) < 4.78 is 64.7. The SMILES string of the molecule is CC(Nc1nc(N)[nH]c(=O)c1C(=N)CF)c1ccc(C(F)(F)F)cc1F. The van der Waals surface area contributed by atoms with Crippen molar-refractivity contribution in [3.05, 3.63) is 51.1 Å². The minimum absolute atomic E-state index is 0.142. The summed E-state index contributed by atoms with van der Waals surface area (Å²) in [5.41, 5.74) is 2.14. The summed E-state index contributed by atoms with van der Waals surface area (Å²) in [6, 6.07) is 1.04. The molecule has 0 saturated carbocycles. The number of nitrogens with one attached hydrogen (secondary N) is 3. The Balaban J connectivity index is 2.41. The molecule has 2 aromatic rings. The lowest BCUT2D eigenvalue weighted by atomic mass is 10.0. The molecule has 11 heteroatoms. The molecule has 2 rings (SSSR count). The van der Waals surface area contributed by atoms with Crippen molar-refractivity contribution in [2.45, 2.75) is 19.1 Å². The van der Waals surface area contributed by atoms with Crippen molar-refractivity contribution in [2.75, 3.05) is 17.7 Å². The third-order valence-electron chi connectivity index (χ3n) is 3.52. The molecule has 0 aliphatic carbocycles. The number of rotatable bonds is 5. The van der Waals surface area contributed by atoms with Gasteiger partial charge in [-0.1, -0.05) is 6.07 Å². The average molecular weight is 375 g/mol. The summed E-state index contributed by atoms with van der Waals surface area (Å²) in [4.78, 5) is 17.7. The molecule has 26 heavy (non-hydrogen) atoms. The Labute approximate surface area is 143 Å². The van der Waals surface area contributed by atoms with Gasteiger partial charge in [-0.2, -0.15) is 18.2 Å². The van der Waals surface area contributed by atoms with E-state index in [0.717, 1.165) is 6.07 Å². The Bertz CT molecular complexity index is 893. The van der Waals surface area contributed by atoms with Crippen LogP contribution in [0.15, 0.2) is 23.0 Å². The van der Waals surface area contributed by atoms with Crippen molar-refractivity contribution >= 4 is 17.5 Å². The first kappa shape index (κ1) is 19.3. The van der Waals surface area contributed by atoms with E-state index in [1.807, 2.05) is 0 Å². The van der Waals surface area contributed by atoms with E-state index in [2.05, 4.69) is 15.3 Å². The first-order chi connectivity index (χ1) is 12.0. The maximum Gasteiger partial charge on any atom is 0.416 e. The van der Waals surface area contributed by atoms with E-state index in [1.54, 1.807) is 0 Å². The van der Waals surface area contributed by atoms with Crippen LogP contribution in [0.25, 0.3) is 0 Å². The summed E-state index contributed by atoms with van der Waals surface area (Å²) in [5, 5.41) is 10.1. The number of benzene rings is 1. The fourth-order valence-electron chi connectivity index (χ4n) is 2.28. The van der Waals surface area contributed by atoms with Crippen molar-refractivity contribution in [3.8, 4) is 0 Å². The Morgan fingerprint density at radius 1 is 1.42 bits per heavy atom. The van der Waals surface area contributed by atoms with Crippen molar-refractivity contribution in [1.29, 1.82) is 5.41 Å². The Morgan fingerprint density at radius 3 is 2.62 bits per heavy atom. The van der Waals surface area contributed by atoms with Crippen LogP contribution < -0.4 is 16.6 Å². The summed E-state index contributed by atoms with van der Waals surface area (Å²) >= 11 is 0. The molecule has 140 valence electrons. The monoisotopic (exact) mass is 375 g/mol. The molecule has 0 aliphatic rings. The van der Waals surface area contributed by atoms with Crippen molar-refractivity contribution < 1.29 is 22.0 Å². The number of hydrogen-bond donors (Lipinski definition) is 4. The van der Waals surface area contributed by atoms with Crippen LogP contribution in [0, 0.1) is 11.2 Å². The third-order valence-corrected chi connectivity index (χ3v) is 3.52. The van der Waals surface area contributed by atoms with Crippen LogP contribution in [0.2, 0.25) is 0 Å². The standard InChI is InChI=1S/C15H14F5N5O/c1-6(8-3-2-7(4-9(8)17)15(18,19)20)23-12-11(10(21)5-16)13(26)25-14(22)24-12/h2-4,6,21H,5H2,1H3,(H4,22,23,24,25,26). The van der Waals surface area contributed by atoms with Crippen LogP contribution in [0.5, 0.6) is 0 Å². The molecule has 0 radical (unpaired) electrons. The third kappa shape index (κ3) is 3.98. The number of nitrogens with zero attached hydrogens (tertiary/aromatic N) is 1. The number of alkyl halides is 4. The van der Waals surface area contributed by atoms with Crippen LogP contribution >= 0.6 is 0 Å². The lowest BCUT2D eigenvalue weighted by Crippen LogP contribution is -2.25. The zero-order valence-electron chi connectivity index (χ0n) is 13.3. The van der Waals surface area contributed by atoms with Gasteiger partial charge < -0.3 is 16.5 Å². The number of aromatic amines is 1. The van der Waals surface area contributed by atoms with Crippen molar-refractivity contribution in [2.24, 2.45) is 0 Å². The predicted molar refractivity (Wildman–Crippen MR) is 85.5 cm³/mol. The normalized spacial score (nSPS) is 12.7. The molecule has 6 nitrogen and oxygen atoms in total. The number of hydrogen-bond acceptors (Lipinski definition) is 5. The fraction of sp³-hybridized carbons (Fsp3) is 0.267. The van der Waals surface area contributed by atoms with Gasteiger partial charge in [0.2, 0.25) is 5.95 Å². The topological polar surface area (TPSA) is 108 Å². The second-order valence-electron chi connectivity index (χ2n) is 5.39. The van der Waals surface area contributed by atoms with Gasteiger partial charge >= 0.3 is 6.18 Å². The Morgan fingerprint density at radius 2 is 2.08 bits per heavy atom. The average Bonchev–Trinajstić information content (AvgIpc) is 2.52. The minimum atomic E-state index is -4.69. The first-order valence-electron chi connectivity index (χ1n) is 7.21. The van der Waals surface area contributed by atoms with Gasteiger partial charge in [0.1, 0.15) is 23.9 Å². The zero-order valence-corrected chi connectivity index (χ0v) is 13.3. The fourth-order valence-corrected chi connectivity index (χ4v) is 2.28. The van der Waals surface area contributed by atoms with E-state index in [0.29, 0.717) is 12.1 Å². The molecular weight excluding hydrogens is 361 g/mol. The van der Waals surface area contributed by atoms with Crippen LogP contribution in [-0.2, 0) is 6.18 Å². The molecule has 0 fully saturated rings. The molecule has 1 aromatic heterocycles. The molecule has 0 amide bonds. The number of halogens is 5. The largest absolute Gasteiger partial charge is 0.416 e. The van der Waals surface area contributed by atoms with Gasteiger partial charge in [-0.05, 0) is 19.1 Å². The molecule has 0 spiro atoms. The van der Waals surface area contributed by atoms with Gasteiger partial charge in [0, 0.05) is 5.56 Å². The first-order valence-corrected chi connectivity index (χ1v) is 7.21. The van der Waals surface area contributed by atoms with Gasteiger partial charge in [-0.25, -0.2) is 8.78 Å². The summed E-state index contributed by atoms with van der Waals surface area (Å²) in [5.74, 6) is -1.73. The molecule has 1 aromatic carbocycles. The van der Waals surface area contributed by atoms with E-state index in [9.17, 15) is 26.7 Å². The Hall–Kier alpha value is -2.98. The molecule has 5 N–H and O–H groups in total. The second-order valence-corrected chi connectivity index (χ2v) is 5.39. The van der Waals surface area contributed by atoms with E-state index >= 15 is 0 Å². The van der Waals surface area contributed by atoms with Gasteiger partial charge in [0.15, 0.2) is 0 Å². The number of anilines is 2. The maximum absolute atomic E-state index is 14.1. The predicted octanol–water partition coefficient (Wildman–Crippen LogP) is 3.02. The molecule has 0 aliphatic heterocycles. The summed E-state index contributed by atoms with van der Waals surface area (Å²) in [6.07, 6.45) is -4.69. The van der Waals surface area contributed by atoms with Crippen LogP contribution in [0.1, 0.15) is 29.7 Å². The number of nitrogens with two attached hydrogens (primary N) is 1.